The summed E-state index contributed by atoms with van der Waals surface area (Å²) in [4.78, 5) is 11.5. The molecule has 1 fully saturated rings. The number of hydrogen-bond donors (Lipinski definition) is 2. The Morgan fingerprint density at radius 3 is 2.68 bits per heavy atom. The van der Waals surface area contributed by atoms with Crippen molar-refractivity contribution in [1.82, 2.24) is 19.8 Å². The lowest BCUT2D eigenvalue weighted by Gasteiger charge is -2.21. The maximum Gasteiger partial charge on any atom is 0.364 e. The van der Waals surface area contributed by atoms with Gasteiger partial charge in [0.05, 0.1) is 0 Å². The zero-order valence-corrected chi connectivity index (χ0v) is 10.9. The van der Waals surface area contributed by atoms with Crippen molar-refractivity contribution < 1.29 is 0 Å². The van der Waals surface area contributed by atoms with E-state index >= 15 is 0 Å². The topological polar surface area (TPSA) is 75.1 Å². The number of anilines is 1. The normalized spacial score (nSPS) is 18.1. The van der Waals surface area contributed by atoms with E-state index in [4.69, 9.17) is 0 Å². The third-order valence-electron chi connectivity index (χ3n) is 3.73. The first-order chi connectivity index (χ1) is 9.33. The van der Waals surface area contributed by atoms with Crippen LogP contribution in [-0.4, -0.2) is 25.9 Å². The third kappa shape index (κ3) is 2.77. The van der Waals surface area contributed by atoms with Crippen LogP contribution in [0.25, 0.3) is 5.65 Å². The number of nitrogens with zero attached hydrogens (tertiary/aromatic N) is 3. The van der Waals surface area contributed by atoms with Gasteiger partial charge in [0.25, 0.3) is 0 Å². The van der Waals surface area contributed by atoms with Gasteiger partial charge in [-0.3, -0.25) is 0 Å². The maximum atomic E-state index is 11.5. The van der Waals surface area contributed by atoms with Crippen LogP contribution >= 0.6 is 0 Å². The highest BCUT2D eigenvalue weighted by molar-refractivity contribution is 5.43. The highest BCUT2D eigenvalue weighted by atomic mass is 16.2. The first-order valence-electron chi connectivity index (χ1n) is 7.04. The van der Waals surface area contributed by atoms with Gasteiger partial charge in [0.1, 0.15) is 5.82 Å². The van der Waals surface area contributed by atoms with Crippen LogP contribution in [0.5, 0.6) is 0 Å². The van der Waals surface area contributed by atoms with Crippen LogP contribution in [0.1, 0.15) is 44.9 Å². The number of aromatic nitrogens is 4. The van der Waals surface area contributed by atoms with Gasteiger partial charge < -0.3 is 5.32 Å². The Morgan fingerprint density at radius 2 is 1.89 bits per heavy atom. The van der Waals surface area contributed by atoms with Crippen molar-refractivity contribution in [2.24, 2.45) is 0 Å². The number of nitrogens with one attached hydrogen (secondary N) is 2. The number of hydrogen-bond acceptors (Lipinski definition) is 4. The van der Waals surface area contributed by atoms with Crippen LogP contribution < -0.4 is 11.0 Å². The summed E-state index contributed by atoms with van der Waals surface area (Å²) in [5.41, 5.74) is 0.254. The van der Waals surface area contributed by atoms with Crippen LogP contribution in [0.2, 0.25) is 0 Å². The van der Waals surface area contributed by atoms with Crippen molar-refractivity contribution in [2.75, 3.05) is 5.32 Å². The minimum Gasteiger partial charge on any atom is -0.366 e. The summed E-state index contributed by atoms with van der Waals surface area (Å²) in [5.74, 6) is 0.751. The van der Waals surface area contributed by atoms with E-state index < -0.39 is 0 Å². The molecule has 3 rings (SSSR count). The second kappa shape index (κ2) is 5.42. The van der Waals surface area contributed by atoms with Crippen LogP contribution in [0.3, 0.4) is 0 Å². The fourth-order valence-corrected chi connectivity index (χ4v) is 2.69. The summed E-state index contributed by atoms with van der Waals surface area (Å²) in [5, 5.41) is 14.0. The maximum absolute atomic E-state index is 11.5. The van der Waals surface area contributed by atoms with E-state index in [2.05, 4.69) is 20.6 Å². The monoisotopic (exact) mass is 261 g/mol. The molecule has 0 unspecified atom stereocenters. The first-order valence-corrected chi connectivity index (χ1v) is 7.04. The molecule has 6 heteroatoms. The van der Waals surface area contributed by atoms with E-state index in [9.17, 15) is 4.79 Å². The van der Waals surface area contributed by atoms with Gasteiger partial charge in [-0.05, 0) is 25.0 Å². The standard InChI is InChI=1S/C13H19N5O/c19-13-16-15-12-9-8-11(17-18(12)13)14-10-6-4-2-1-3-5-7-10/h8-10H,1-7H2,(H,14,17)(H,16,19). The Bertz CT molecular complexity index is 594. The Morgan fingerprint density at radius 1 is 1.16 bits per heavy atom. The van der Waals surface area contributed by atoms with Gasteiger partial charge in [0.15, 0.2) is 5.65 Å². The van der Waals surface area contributed by atoms with Crippen LogP contribution in [0.4, 0.5) is 5.82 Å². The van der Waals surface area contributed by atoms with E-state index in [1.54, 1.807) is 6.07 Å². The first kappa shape index (κ1) is 12.2. The smallest absolute Gasteiger partial charge is 0.364 e. The van der Waals surface area contributed by atoms with Crippen molar-refractivity contribution in [3.63, 3.8) is 0 Å². The van der Waals surface area contributed by atoms with Crippen LogP contribution in [0, 0.1) is 0 Å². The lowest BCUT2D eigenvalue weighted by molar-refractivity contribution is 0.470. The average Bonchev–Trinajstić information content (AvgIpc) is 2.74. The highest BCUT2D eigenvalue weighted by Crippen LogP contribution is 2.19. The molecular formula is C13H19N5O. The number of rotatable bonds is 2. The van der Waals surface area contributed by atoms with Crippen molar-refractivity contribution >= 4 is 11.5 Å². The molecule has 102 valence electrons. The summed E-state index contributed by atoms with van der Waals surface area (Å²) in [6.45, 7) is 0. The molecular weight excluding hydrogens is 242 g/mol. The third-order valence-corrected chi connectivity index (χ3v) is 3.73. The van der Waals surface area contributed by atoms with E-state index in [0.29, 0.717) is 11.7 Å². The van der Waals surface area contributed by atoms with Gasteiger partial charge in [0, 0.05) is 6.04 Å². The van der Waals surface area contributed by atoms with Crippen molar-refractivity contribution in [1.29, 1.82) is 0 Å². The fourth-order valence-electron chi connectivity index (χ4n) is 2.69. The molecule has 2 N–H and O–H groups in total. The van der Waals surface area contributed by atoms with E-state index in [1.807, 2.05) is 6.07 Å². The molecule has 0 radical (unpaired) electrons. The minimum atomic E-state index is -0.295. The molecule has 19 heavy (non-hydrogen) atoms. The molecule has 1 aliphatic carbocycles. The molecule has 0 aliphatic heterocycles. The zero-order valence-electron chi connectivity index (χ0n) is 10.9. The molecule has 0 bridgehead atoms. The van der Waals surface area contributed by atoms with Gasteiger partial charge in [-0.1, -0.05) is 32.1 Å². The van der Waals surface area contributed by atoms with Gasteiger partial charge in [0.2, 0.25) is 0 Å². The number of fused-ring (bicyclic) bond motifs is 1. The molecule has 0 aromatic carbocycles. The van der Waals surface area contributed by atoms with Gasteiger partial charge in [-0.25, -0.2) is 9.89 Å². The number of H-pyrrole nitrogens is 1. The zero-order chi connectivity index (χ0) is 13.1. The molecule has 2 aromatic rings. The van der Waals surface area contributed by atoms with E-state index in [1.165, 1.54) is 49.5 Å². The van der Waals surface area contributed by atoms with Crippen LogP contribution in [-0.2, 0) is 0 Å². The van der Waals surface area contributed by atoms with Crippen LogP contribution in [0.15, 0.2) is 16.9 Å². The van der Waals surface area contributed by atoms with Gasteiger partial charge >= 0.3 is 5.69 Å². The van der Waals surface area contributed by atoms with E-state index in [0.717, 1.165) is 5.82 Å². The molecule has 0 spiro atoms. The molecule has 1 saturated carbocycles. The Hall–Kier alpha value is -1.85. The molecule has 0 amide bonds. The average molecular weight is 261 g/mol. The molecule has 2 heterocycles. The Labute approximate surface area is 111 Å². The van der Waals surface area contributed by atoms with Gasteiger partial charge in [-0.2, -0.15) is 9.61 Å². The summed E-state index contributed by atoms with van der Waals surface area (Å²) in [7, 11) is 0. The second-order valence-corrected chi connectivity index (χ2v) is 5.20. The summed E-state index contributed by atoms with van der Waals surface area (Å²) in [6.07, 6.45) is 8.91. The summed E-state index contributed by atoms with van der Waals surface area (Å²) in [6, 6.07) is 4.15. The van der Waals surface area contributed by atoms with Gasteiger partial charge in [-0.15, -0.1) is 5.10 Å². The van der Waals surface area contributed by atoms with Crippen molar-refractivity contribution in [3.8, 4) is 0 Å². The lowest BCUT2D eigenvalue weighted by atomic mass is 9.97. The largest absolute Gasteiger partial charge is 0.366 e. The number of aromatic amines is 1. The molecule has 2 aromatic heterocycles. The molecule has 0 saturated heterocycles. The SMILES string of the molecule is O=c1[nH]nc2ccc(NC3CCCCCCC3)nn12. The highest BCUT2D eigenvalue weighted by Gasteiger charge is 2.12. The lowest BCUT2D eigenvalue weighted by Crippen LogP contribution is -2.22. The Balaban J connectivity index is 1.76. The minimum absolute atomic E-state index is 0.295. The second-order valence-electron chi connectivity index (χ2n) is 5.20. The fraction of sp³-hybridized carbons (Fsp3) is 0.615. The van der Waals surface area contributed by atoms with E-state index in [-0.39, 0.29) is 5.69 Å². The van der Waals surface area contributed by atoms with Crippen molar-refractivity contribution in [3.05, 3.63) is 22.6 Å². The molecule has 0 atom stereocenters. The predicted molar refractivity (Wildman–Crippen MR) is 73.3 cm³/mol. The molecule has 1 aliphatic rings. The predicted octanol–water partition coefficient (Wildman–Crippen LogP) is 1.94. The molecule has 6 nitrogen and oxygen atoms in total. The Kier molecular flexibility index (Phi) is 3.48. The quantitative estimate of drug-likeness (QED) is 0.866. The summed E-state index contributed by atoms with van der Waals surface area (Å²) >= 11 is 0. The summed E-state index contributed by atoms with van der Waals surface area (Å²) < 4.78 is 1.30. The van der Waals surface area contributed by atoms with Crippen molar-refractivity contribution in [2.45, 2.75) is 51.0 Å².